The molecule has 1 aromatic carbocycles. The highest BCUT2D eigenvalue weighted by Gasteiger charge is 2.19. The van der Waals surface area contributed by atoms with E-state index >= 15 is 0 Å². The van der Waals surface area contributed by atoms with Gasteiger partial charge in [-0.1, -0.05) is 0 Å². The second-order valence-electron chi connectivity index (χ2n) is 5.83. The van der Waals surface area contributed by atoms with E-state index < -0.39 is 5.97 Å². The fourth-order valence-electron chi connectivity index (χ4n) is 2.34. The Kier molecular flexibility index (Phi) is 3.92. The van der Waals surface area contributed by atoms with Crippen molar-refractivity contribution in [2.75, 3.05) is 11.9 Å². The number of nitrogens with one attached hydrogen (secondary N) is 1. The molecular formula is C17H17FN4O2. The van der Waals surface area contributed by atoms with Crippen molar-refractivity contribution < 1.29 is 14.3 Å². The van der Waals surface area contributed by atoms with Crippen molar-refractivity contribution in [3.8, 4) is 11.3 Å². The van der Waals surface area contributed by atoms with Crippen LogP contribution < -0.4 is 4.90 Å². The number of carbonyl (C=O) groups is 1. The van der Waals surface area contributed by atoms with Crippen molar-refractivity contribution in [2.45, 2.75) is 19.9 Å². The van der Waals surface area contributed by atoms with Crippen molar-refractivity contribution in [3.05, 3.63) is 41.8 Å². The number of nitrogens with zero attached hydrogens (tertiary/aromatic N) is 3. The van der Waals surface area contributed by atoms with E-state index in [0.29, 0.717) is 28.2 Å². The molecule has 0 fully saturated rings. The fourth-order valence-corrected chi connectivity index (χ4v) is 2.34. The summed E-state index contributed by atoms with van der Waals surface area (Å²) in [4.78, 5) is 25.0. The Morgan fingerprint density at radius 1 is 1.25 bits per heavy atom. The predicted molar refractivity (Wildman–Crippen MR) is 89.8 cm³/mol. The molecule has 6 nitrogen and oxygen atoms in total. The summed E-state index contributed by atoms with van der Waals surface area (Å²) in [6.07, 6.45) is 0. The summed E-state index contributed by atoms with van der Waals surface area (Å²) in [5.41, 5.74) is 2.17. The summed E-state index contributed by atoms with van der Waals surface area (Å²) in [6.45, 7) is 4.02. The van der Waals surface area contributed by atoms with Crippen LogP contribution >= 0.6 is 0 Å². The number of fused-ring (bicyclic) bond motifs is 1. The average Bonchev–Trinajstić information content (AvgIpc) is 2.97. The molecule has 0 spiro atoms. The van der Waals surface area contributed by atoms with Gasteiger partial charge in [0, 0.05) is 18.7 Å². The lowest BCUT2D eigenvalue weighted by molar-refractivity contribution is 0.0691. The number of H-pyrrole nitrogens is 1. The molecule has 0 aliphatic heterocycles. The van der Waals surface area contributed by atoms with E-state index in [1.807, 2.05) is 25.8 Å². The zero-order valence-electron chi connectivity index (χ0n) is 13.5. The minimum atomic E-state index is -1.07. The van der Waals surface area contributed by atoms with Crippen LogP contribution in [0.15, 0.2) is 30.3 Å². The number of rotatable bonds is 4. The van der Waals surface area contributed by atoms with E-state index in [4.69, 9.17) is 5.11 Å². The van der Waals surface area contributed by atoms with Crippen LogP contribution in [0.5, 0.6) is 0 Å². The maximum Gasteiger partial charge on any atom is 0.352 e. The Morgan fingerprint density at radius 2 is 1.92 bits per heavy atom. The standard InChI is InChI=1S/C17H17FN4O2/c1-9(2)22(3)16-14(10-4-6-11(18)7-5-10)19-12-8-13(17(23)24)20-15(12)21-16/h4-9H,1-3H3,(H,20,21)(H,23,24). The molecule has 24 heavy (non-hydrogen) atoms. The van der Waals surface area contributed by atoms with Gasteiger partial charge >= 0.3 is 5.97 Å². The van der Waals surface area contributed by atoms with Crippen LogP contribution in [0, 0.1) is 5.82 Å². The number of benzene rings is 1. The molecule has 0 amide bonds. The summed E-state index contributed by atoms with van der Waals surface area (Å²) >= 11 is 0. The minimum absolute atomic E-state index is 0.0272. The number of hydrogen-bond acceptors (Lipinski definition) is 4. The minimum Gasteiger partial charge on any atom is -0.477 e. The van der Waals surface area contributed by atoms with Gasteiger partial charge in [-0.15, -0.1) is 0 Å². The summed E-state index contributed by atoms with van der Waals surface area (Å²) in [7, 11) is 1.88. The molecule has 0 saturated carbocycles. The van der Waals surface area contributed by atoms with E-state index in [9.17, 15) is 9.18 Å². The van der Waals surface area contributed by atoms with E-state index in [-0.39, 0.29) is 17.6 Å². The van der Waals surface area contributed by atoms with Gasteiger partial charge in [0.2, 0.25) is 0 Å². The third kappa shape index (κ3) is 2.80. The molecule has 0 aliphatic carbocycles. The topological polar surface area (TPSA) is 82.1 Å². The first-order chi connectivity index (χ1) is 11.4. The van der Waals surface area contributed by atoms with Crippen molar-refractivity contribution in [1.82, 2.24) is 15.0 Å². The van der Waals surface area contributed by atoms with Gasteiger partial charge in [0.1, 0.15) is 22.7 Å². The predicted octanol–water partition coefficient (Wildman–Crippen LogP) is 3.31. The van der Waals surface area contributed by atoms with Crippen molar-refractivity contribution in [2.24, 2.45) is 0 Å². The second-order valence-corrected chi connectivity index (χ2v) is 5.83. The van der Waals surface area contributed by atoms with Crippen molar-refractivity contribution >= 4 is 23.0 Å². The Morgan fingerprint density at radius 3 is 2.50 bits per heavy atom. The van der Waals surface area contributed by atoms with E-state index in [1.54, 1.807) is 12.1 Å². The quantitative estimate of drug-likeness (QED) is 0.768. The van der Waals surface area contributed by atoms with Crippen LogP contribution in [-0.4, -0.2) is 39.1 Å². The van der Waals surface area contributed by atoms with Gasteiger partial charge in [-0.05, 0) is 44.2 Å². The normalized spacial score (nSPS) is 11.2. The number of aromatic carboxylic acids is 1. The van der Waals surface area contributed by atoms with Crippen LogP contribution in [0.25, 0.3) is 22.4 Å². The first-order valence-electron chi connectivity index (χ1n) is 7.49. The van der Waals surface area contributed by atoms with Gasteiger partial charge in [-0.3, -0.25) is 0 Å². The largest absolute Gasteiger partial charge is 0.477 e. The number of carboxylic acid groups (broad SMARTS) is 1. The average molecular weight is 328 g/mol. The monoisotopic (exact) mass is 328 g/mol. The summed E-state index contributed by atoms with van der Waals surface area (Å²) in [5, 5.41) is 9.13. The molecule has 0 aliphatic rings. The highest BCUT2D eigenvalue weighted by Crippen LogP contribution is 2.30. The zero-order valence-corrected chi connectivity index (χ0v) is 13.5. The maximum atomic E-state index is 13.2. The zero-order chi connectivity index (χ0) is 17.4. The van der Waals surface area contributed by atoms with Gasteiger partial charge in [-0.25, -0.2) is 19.2 Å². The molecule has 124 valence electrons. The molecule has 0 radical (unpaired) electrons. The Labute approximate surface area is 138 Å². The number of anilines is 1. The number of carboxylic acids is 1. The van der Waals surface area contributed by atoms with Crippen molar-refractivity contribution in [1.29, 1.82) is 0 Å². The molecular weight excluding hydrogens is 311 g/mol. The molecule has 7 heteroatoms. The van der Waals surface area contributed by atoms with Crippen molar-refractivity contribution in [3.63, 3.8) is 0 Å². The van der Waals surface area contributed by atoms with Gasteiger partial charge in [0.25, 0.3) is 0 Å². The maximum absolute atomic E-state index is 13.2. The van der Waals surface area contributed by atoms with Crippen LogP contribution in [0.1, 0.15) is 24.3 Å². The van der Waals surface area contributed by atoms with E-state index in [0.717, 1.165) is 0 Å². The van der Waals surface area contributed by atoms with Gasteiger partial charge in [0.05, 0.1) is 0 Å². The molecule has 3 aromatic rings. The summed E-state index contributed by atoms with van der Waals surface area (Å²) < 4.78 is 13.2. The third-order valence-corrected chi connectivity index (χ3v) is 3.90. The fraction of sp³-hybridized carbons (Fsp3) is 0.235. The van der Waals surface area contributed by atoms with Crippen LogP contribution in [0.3, 0.4) is 0 Å². The van der Waals surface area contributed by atoms with E-state index in [1.165, 1.54) is 18.2 Å². The highest BCUT2D eigenvalue weighted by atomic mass is 19.1. The second kappa shape index (κ2) is 5.92. The molecule has 0 bridgehead atoms. The molecule has 2 N–H and O–H groups in total. The van der Waals surface area contributed by atoms with Gasteiger partial charge in [-0.2, -0.15) is 0 Å². The SMILES string of the molecule is CC(C)N(C)c1nc2[nH]c(C(=O)O)cc2nc1-c1ccc(F)cc1. The number of aromatic nitrogens is 3. The van der Waals surface area contributed by atoms with Crippen LogP contribution in [0.2, 0.25) is 0 Å². The molecule has 0 atom stereocenters. The first-order valence-corrected chi connectivity index (χ1v) is 7.49. The summed E-state index contributed by atoms with van der Waals surface area (Å²) in [5.74, 6) is -0.804. The lowest BCUT2D eigenvalue weighted by Crippen LogP contribution is -2.27. The lowest BCUT2D eigenvalue weighted by atomic mass is 10.1. The Hall–Kier alpha value is -2.96. The Bertz CT molecular complexity index is 903. The number of aromatic amines is 1. The smallest absolute Gasteiger partial charge is 0.352 e. The van der Waals surface area contributed by atoms with Crippen LogP contribution in [0.4, 0.5) is 10.2 Å². The number of halogens is 1. The molecule has 0 unspecified atom stereocenters. The molecule has 2 heterocycles. The Balaban J connectivity index is 2.25. The third-order valence-electron chi connectivity index (χ3n) is 3.90. The molecule has 2 aromatic heterocycles. The first kappa shape index (κ1) is 15.9. The van der Waals surface area contributed by atoms with Gasteiger partial charge < -0.3 is 15.0 Å². The number of hydrogen-bond donors (Lipinski definition) is 2. The van der Waals surface area contributed by atoms with Crippen LogP contribution in [-0.2, 0) is 0 Å². The highest BCUT2D eigenvalue weighted by molar-refractivity contribution is 5.92. The van der Waals surface area contributed by atoms with Gasteiger partial charge in [0.15, 0.2) is 11.5 Å². The molecule has 0 saturated heterocycles. The summed E-state index contributed by atoms with van der Waals surface area (Å²) in [6, 6.07) is 7.59. The lowest BCUT2D eigenvalue weighted by Gasteiger charge is -2.24. The molecule has 3 rings (SSSR count). The van der Waals surface area contributed by atoms with E-state index in [2.05, 4.69) is 15.0 Å².